The fourth-order valence-electron chi connectivity index (χ4n) is 2.68. The van der Waals surface area contributed by atoms with Gasteiger partial charge in [-0.2, -0.15) is 13.2 Å². The Morgan fingerprint density at radius 3 is 2.43 bits per heavy atom. The summed E-state index contributed by atoms with van der Waals surface area (Å²) in [6.45, 7) is 1.69. The lowest BCUT2D eigenvalue weighted by atomic mass is 9.91. The van der Waals surface area contributed by atoms with E-state index in [2.05, 4.69) is 27.3 Å². The number of benzene rings is 2. The van der Waals surface area contributed by atoms with Gasteiger partial charge >= 0.3 is 6.18 Å². The molecular formula is C16H13BrF3N. The number of alkyl halides is 3. The zero-order valence-corrected chi connectivity index (χ0v) is 12.7. The van der Waals surface area contributed by atoms with E-state index in [1.165, 1.54) is 11.1 Å². The predicted molar refractivity (Wildman–Crippen MR) is 80.0 cm³/mol. The maximum atomic E-state index is 12.6. The molecule has 0 bridgehead atoms. The standard InChI is InChI=1S/C16H13BrF3N/c17-13-7-11-9-21-6-5-14(11)15(8-13)10-1-3-12(4-2-10)16(18,19)20/h1-4,7-8,21H,5-6,9H2. The van der Waals surface area contributed by atoms with Crippen molar-refractivity contribution in [2.45, 2.75) is 19.1 Å². The second kappa shape index (κ2) is 5.46. The highest BCUT2D eigenvalue weighted by atomic mass is 79.9. The quantitative estimate of drug-likeness (QED) is 0.776. The van der Waals surface area contributed by atoms with Crippen molar-refractivity contribution in [2.75, 3.05) is 6.54 Å². The van der Waals surface area contributed by atoms with Gasteiger partial charge in [0.25, 0.3) is 0 Å². The Bertz CT molecular complexity index is 662. The molecule has 2 aromatic rings. The number of hydrogen-bond donors (Lipinski definition) is 1. The fraction of sp³-hybridized carbons (Fsp3) is 0.250. The van der Waals surface area contributed by atoms with Gasteiger partial charge < -0.3 is 5.32 Å². The lowest BCUT2D eigenvalue weighted by molar-refractivity contribution is -0.137. The number of hydrogen-bond acceptors (Lipinski definition) is 1. The summed E-state index contributed by atoms with van der Waals surface area (Å²) in [7, 11) is 0. The number of nitrogens with one attached hydrogen (secondary N) is 1. The average molecular weight is 356 g/mol. The molecular weight excluding hydrogens is 343 g/mol. The molecule has 0 saturated carbocycles. The molecule has 0 spiro atoms. The van der Waals surface area contributed by atoms with Crippen LogP contribution in [0.4, 0.5) is 13.2 Å². The van der Waals surface area contributed by atoms with Gasteiger partial charge in [-0.05, 0) is 59.5 Å². The van der Waals surface area contributed by atoms with Crippen molar-refractivity contribution in [2.24, 2.45) is 0 Å². The fourth-order valence-corrected chi connectivity index (χ4v) is 3.18. The Morgan fingerprint density at radius 2 is 1.76 bits per heavy atom. The summed E-state index contributed by atoms with van der Waals surface area (Å²) in [5, 5.41) is 3.31. The van der Waals surface area contributed by atoms with Gasteiger partial charge in [0, 0.05) is 11.0 Å². The van der Waals surface area contributed by atoms with Gasteiger partial charge in [0.1, 0.15) is 0 Å². The van der Waals surface area contributed by atoms with Crippen molar-refractivity contribution < 1.29 is 13.2 Å². The zero-order chi connectivity index (χ0) is 15.0. The van der Waals surface area contributed by atoms with Crippen LogP contribution < -0.4 is 5.32 Å². The smallest absolute Gasteiger partial charge is 0.312 e. The molecule has 0 unspecified atom stereocenters. The van der Waals surface area contributed by atoms with Gasteiger partial charge in [-0.1, -0.05) is 28.1 Å². The molecule has 0 saturated heterocycles. The van der Waals surface area contributed by atoms with Crippen LogP contribution in [0.1, 0.15) is 16.7 Å². The molecule has 0 aromatic heterocycles. The largest absolute Gasteiger partial charge is 0.416 e. The maximum Gasteiger partial charge on any atom is 0.416 e. The van der Waals surface area contributed by atoms with E-state index in [9.17, 15) is 13.2 Å². The Balaban J connectivity index is 2.06. The maximum absolute atomic E-state index is 12.6. The first-order valence-electron chi connectivity index (χ1n) is 6.65. The number of rotatable bonds is 1. The van der Waals surface area contributed by atoms with E-state index in [0.29, 0.717) is 0 Å². The van der Waals surface area contributed by atoms with Crippen LogP contribution >= 0.6 is 15.9 Å². The SMILES string of the molecule is FC(F)(F)c1ccc(-c2cc(Br)cc3c2CCNC3)cc1. The van der Waals surface area contributed by atoms with Crippen LogP contribution in [-0.2, 0) is 19.1 Å². The van der Waals surface area contributed by atoms with Crippen LogP contribution in [0.5, 0.6) is 0 Å². The molecule has 2 aromatic carbocycles. The monoisotopic (exact) mass is 355 g/mol. The Kier molecular flexibility index (Phi) is 3.80. The van der Waals surface area contributed by atoms with Crippen LogP contribution in [0.2, 0.25) is 0 Å². The third-order valence-corrected chi connectivity index (χ3v) is 4.16. The van der Waals surface area contributed by atoms with Crippen molar-refractivity contribution in [3.63, 3.8) is 0 Å². The van der Waals surface area contributed by atoms with E-state index in [1.807, 2.05) is 6.07 Å². The summed E-state index contributed by atoms with van der Waals surface area (Å²) in [6.07, 6.45) is -3.40. The lowest BCUT2D eigenvalue weighted by Crippen LogP contribution is -2.24. The van der Waals surface area contributed by atoms with E-state index in [-0.39, 0.29) is 0 Å². The summed E-state index contributed by atoms with van der Waals surface area (Å²) in [5.74, 6) is 0. The van der Waals surface area contributed by atoms with Crippen molar-refractivity contribution >= 4 is 15.9 Å². The Labute approximate surface area is 129 Å². The Morgan fingerprint density at radius 1 is 1.05 bits per heavy atom. The van der Waals surface area contributed by atoms with Crippen molar-refractivity contribution in [3.8, 4) is 11.1 Å². The van der Waals surface area contributed by atoms with Crippen LogP contribution in [0.25, 0.3) is 11.1 Å². The van der Waals surface area contributed by atoms with Gasteiger partial charge in [0.05, 0.1) is 5.56 Å². The van der Waals surface area contributed by atoms with Crippen LogP contribution in [-0.4, -0.2) is 6.54 Å². The molecule has 5 heteroatoms. The molecule has 110 valence electrons. The second-order valence-electron chi connectivity index (χ2n) is 5.09. The molecule has 1 heterocycles. The van der Waals surface area contributed by atoms with Crippen LogP contribution in [0.3, 0.4) is 0 Å². The van der Waals surface area contributed by atoms with Gasteiger partial charge in [0.15, 0.2) is 0 Å². The minimum Gasteiger partial charge on any atom is -0.312 e. The summed E-state index contributed by atoms with van der Waals surface area (Å²) >= 11 is 3.48. The van der Waals surface area contributed by atoms with Gasteiger partial charge in [-0.3, -0.25) is 0 Å². The minimum absolute atomic E-state index is 0.614. The molecule has 1 aliphatic heterocycles. The Hall–Kier alpha value is -1.33. The molecule has 0 fully saturated rings. The first kappa shape index (κ1) is 14.6. The van der Waals surface area contributed by atoms with E-state index in [0.717, 1.165) is 47.2 Å². The third-order valence-electron chi connectivity index (χ3n) is 3.70. The minimum atomic E-state index is -4.29. The van der Waals surface area contributed by atoms with Gasteiger partial charge in [0.2, 0.25) is 0 Å². The molecule has 1 nitrogen and oxygen atoms in total. The van der Waals surface area contributed by atoms with E-state index in [4.69, 9.17) is 0 Å². The van der Waals surface area contributed by atoms with E-state index < -0.39 is 11.7 Å². The highest BCUT2D eigenvalue weighted by molar-refractivity contribution is 9.10. The summed E-state index contributed by atoms with van der Waals surface area (Å²) in [5.41, 5.74) is 3.64. The normalized spacial score (nSPS) is 14.9. The highest BCUT2D eigenvalue weighted by Gasteiger charge is 2.30. The third kappa shape index (κ3) is 2.99. The number of fused-ring (bicyclic) bond motifs is 1. The second-order valence-corrected chi connectivity index (χ2v) is 6.01. The highest BCUT2D eigenvalue weighted by Crippen LogP contribution is 2.34. The van der Waals surface area contributed by atoms with Crippen molar-refractivity contribution in [1.29, 1.82) is 0 Å². The zero-order valence-electron chi connectivity index (χ0n) is 11.1. The molecule has 0 radical (unpaired) electrons. The molecule has 0 atom stereocenters. The summed E-state index contributed by atoms with van der Waals surface area (Å²) < 4.78 is 38.9. The lowest BCUT2D eigenvalue weighted by Gasteiger charge is -2.21. The molecule has 0 aliphatic carbocycles. The average Bonchev–Trinajstić information content (AvgIpc) is 2.45. The first-order valence-corrected chi connectivity index (χ1v) is 7.44. The van der Waals surface area contributed by atoms with Crippen molar-refractivity contribution in [1.82, 2.24) is 5.32 Å². The molecule has 1 N–H and O–H groups in total. The first-order chi connectivity index (χ1) is 9.95. The molecule has 3 rings (SSSR count). The van der Waals surface area contributed by atoms with E-state index >= 15 is 0 Å². The topological polar surface area (TPSA) is 12.0 Å². The van der Waals surface area contributed by atoms with Crippen LogP contribution in [0, 0.1) is 0 Å². The van der Waals surface area contributed by atoms with E-state index in [1.54, 1.807) is 12.1 Å². The predicted octanol–water partition coefficient (Wildman–Crippen LogP) is 4.78. The summed E-state index contributed by atoms with van der Waals surface area (Å²) in [6, 6.07) is 9.43. The van der Waals surface area contributed by atoms with Gasteiger partial charge in [-0.15, -0.1) is 0 Å². The summed E-state index contributed by atoms with van der Waals surface area (Å²) in [4.78, 5) is 0. The van der Waals surface area contributed by atoms with Crippen LogP contribution in [0.15, 0.2) is 40.9 Å². The van der Waals surface area contributed by atoms with Gasteiger partial charge in [-0.25, -0.2) is 0 Å². The molecule has 0 amide bonds. The molecule has 21 heavy (non-hydrogen) atoms. The number of halogens is 4. The van der Waals surface area contributed by atoms with Crippen molar-refractivity contribution in [3.05, 3.63) is 57.6 Å². The molecule has 1 aliphatic rings.